The zero-order valence-electron chi connectivity index (χ0n) is 9.68. The molecule has 2 rings (SSSR count). The van der Waals surface area contributed by atoms with Gasteiger partial charge in [0.05, 0.1) is 0 Å². The third kappa shape index (κ3) is 2.74. The second kappa shape index (κ2) is 4.25. The SMILES string of the molecule is CC(C)NC(=O)N1CCC(=C2CC2)CC1. The van der Waals surface area contributed by atoms with Crippen LogP contribution in [0.15, 0.2) is 11.1 Å². The van der Waals surface area contributed by atoms with Gasteiger partial charge in [0, 0.05) is 19.1 Å². The van der Waals surface area contributed by atoms with Crippen molar-refractivity contribution in [1.29, 1.82) is 0 Å². The topological polar surface area (TPSA) is 32.3 Å². The molecular formula is C12H20N2O. The van der Waals surface area contributed by atoms with Crippen molar-refractivity contribution < 1.29 is 4.79 Å². The van der Waals surface area contributed by atoms with Crippen LogP contribution in [0.5, 0.6) is 0 Å². The van der Waals surface area contributed by atoms with Crippen molar-refractivity contribution in [2.75, 3.05) is 13.1 Å². The molecule has 0 unspecified atom stereocenters. The molecule has 3 heteroatoms. The van der Waals surface area contributed by atoms with Crippen molar-refractivity contribution in [1.82, 2.24) is 10.2 Å². The van der Waals surface area contributed by atoms with E-state index in [1.165, 1.54) is 12.8 Å². The maximum atomic E-state index is 11.7. The summed E-state index contributed by atoms with van der Waals surface area (Å²) in [7, 11) is 0. The number of carbonyl (C=O) groups is 1. The van der Waals surface area contributed by atoms with Crippen molar-refractivity contribution in [2.24, 2.45) is 0 Å². The smallest absolute Gasteiger partial charge is 0.317 e. The van der Waals surface area contributed by atoms with Gasteiger partial charge in [-0.1, -0.05) is 11.1 Å². The van der Waals surface area contributed by atoms with Crippen LogP contribution in [0.3, 0.4) is 0 Å². The Kier molecular flexibility index (Phi) is 2.98. The summed E-state index contributed by atoms with van der Waals surface area (Å²) in [5, 5.41) is 2.94. The summed E-state index contributed by atoms with van der Waals surface area (Å²) in [5.41, 5.74) is 3.29. The van der Waals surface area contributed by atoms with Gasteiger partial charge in [-0.25, -0.2) is 4.79 Å². The normalized spacial score (nSPS) is 20.9. The molecule has 0 spiro atoms. The predicted octanol–water partition coefficient (Wildman–Crippen LogP) is 2.29. The minimum absolute atomic E-state index is 0.102. The van der Waals surface area contributed by atoms with E-state index in [-0.39, 0.29) is 12.1 Å². The third-order valence-corrected chi connectivity index (χ3v) is 3.07. The molecule has 0 aromatic carbocycles. The molecule has 0 aromatic rings. The molecule has 2 aliphatic rings. The van der Waals surface area contributed by atoms with E-state index in [0.717, 1.165) is 25.9 Å². The Morgan fingerprint density at radius 3 is 2.13 bits per heavy atom. The van der Waals surface area contributed by atoms with E-state index in [1.807, 2.05) is 18.7 Å². The van der Waals surface area contributed by atoms with Gasteiger partial charge < -0.3 is 10.2 Å². The minimum Gasteiger partial charge on any atom is -0.336 e. The molecule has 1 aliphatic heterocycles. The first-order valence-corrected chi connectivity index (χ1v) is 5.92. The number of nitrogens with zero attached hydrogens (tertiary/aromatic N) is 1. The Morgan fingerprint density at radius 2 is 1.67 bits per heavy atom. The number of rotatable bonds is 1. The van der Waals surface area contributed by atoms with Crippen LogP contribution >= 0.6 is 0 Å². The predicted molar refractivity (Wildman–Crippen MR) is 60.7 cm³/mol. The first kappa shape index (κ1) is 10.5. The number of allylic oxidation sites excluding steroid dienone is 1. The molecule has 2 amide bonds. The largest absolute Gasteiger partial charge is 0.336 e. The molecule has 15 heavy (non-hydrogen) atoms. The summed E-state index contributed by atoms with van der Waals surface area (Å²) >= 11 is 0. The Morgan fingerprint density at radius 1 is 1.13 bits per heavy atom. The number of piperidine rings is 1. The number of nitrogens with one attached hydrogen (secondary N) is 1. The maximum Gasteiger partial charge on any atom is 0.317 e. The number of hydrogen-bond acceptors (Lipinski definition) is 1. The van der Waals surface area contributed by atoms with Gasteiger partial charge in [-0.2, -0.15) is 0 Å². The van der Waals surface area contributed by atoms with Gasteiger partial charge in [-0.15, -0.1) is 0 Å². The lowest BCUT2D eigenvalue weighted by molar-refractivity contribution is 0.191. The van der Waals surface area contributed by atoms with E-state index in [2.05, 4.69) is 5.32 Å². The maximum absolute atomic E-state index is 11.7. The van der Waals surface area contributed by atoms with E-state index in [1.54, 1.807) is 11.1 Å². The molecular weight excluding hydrogens is 188 g/mol. The van der Waals surface area contributed by atoms with Crippen LogP contribution in [0.25, 0.3) is 0 Å². The average molecular weight is 208 g/mol. The summed E-state index contributed by atoms with van der Waals surface area (Å²) in [6.07, 6.45) is 4.82. The van der Waals surface area contributed by atoms with Gasteiger partial charge in [-0.3, -0.25) is 0 Å². The quantitative estimate of drug-likeness (QED) is 0.659. The number of likely N-dealkylation sites (tertiary alicyclic amines) is 1. The molecule has 1 aliphatic carbocycles. The van der Waals surface area contributed by atoms with E-state index in [4.69, 9.17) is 0 Å². The van der Waals surface area contributed by atoms with Crippen LogP contribution in [0, 0.1) is 0 Å². The first-order chi connectivity index (χ1) is 7.16. The van der Waals surface area contributed by atoms with E-state index in [9.17, 15) is 4.79 Å². The molecule has 0 aromatic heterocycles. The van der Waals surface area contributed by atoms with Gasteiger partial charge in [0.2, 0.25) is 0 Å². The van der Waals surface area contributed by atoms with Crippen molar-refractivity contribution in [3.05, 3.63) is 11.1 Å². The van der Waals surface area contributed by atoms with E-state index >= 15 is 0 Å². The molecule has 0 radical (unpaired) electrons. The fraction of sp³-hybridized carbons (Fsp3) is 0.750. The zero-order valence-corrected chi connectivity index (χ0v) is 9.68. The van der Waals surface area contributed by atoms with Crippen LogP contribution < -0.4 is 5.32 Å². The summed E-state index contributed by atoms with van der Waals surface area (Å²) in [4.78, 5) is 13.6. The molecule has 0 atom stereocenters. The van der Waals surface area contributed by atoms with Crippen molar-refractivity contribution in [3.8, 4) is 0 Å². The Bertz CT molecular complexity index is 278. The van der Waals surface area contributed by atoms with Gasteiger partial charge >= 0.3 is 6.03 Å². The van der Waals surface area contributed by atoms with E-state index in [0.29, 0.717) is 0 Å². The molecule has 0 bridgehead atoms. The lowest BCUT2D eigenvalue weighted by Gasteiger charge is -2.29. The van der Waals surface area contributed by atoms with Crippen LogP contribution in [-0.2, 0) is 0 Å². The van der Waals surface area contributed by atoms with Gasteiger partial charge in [-0.05, 0) is 39.5 Å². The highest BCUT2D eigenvalue weighted by Gasteiger charge is 2.24. The summed E-state index contributed by atoms with van der Waals surface area (Å²) in [5.74, 6) is 0. The molecule has 2 fully saturated rings. The Labute approximate surface area is 91.5 Å². The minimum atomic E-state index is 0.102. The zero-order chi connectivity index (χ0) is 10.8. The number of urea groups is 1. The van der Waals surface area contributed by atoms with Gasteiger partial charge in [0.25, 0.3) is 0 Å². The van der Waals surface area contributed by atoms with Crippen molar-refractivity contribution >= 4 is 6.03 Å². The van der Waals surface area contributed by atoms with E-state index < -0.39 is 0 Å². The Balaban J connectivity index is 1.82. The van der Waals surface area contributed by atoms with Gasteiger partial charge in [0.15, 0.2) is 0 Å². The Hall–Kier alpha value is -0.990. The number of carbonyl (C=O) groups excluding carboxylic acids is 1. The standard InChI is InChI=1S/C12H20N2O/c1-9(2)13-12(15)14-7-5-11(6-8-14)10-3-4-10/h9H,3-8H2,1-2H3,(H,13,15). The summed E-state index contributed by atoms with van der Waals surface area (Å²) in [6.45, 7) is 5.80. The number of hydrogen-bond donors (Lipinski definition) is 1. The molecule has 1 saturated carbocycles. The summed E-state index contributed by atoms with van der Waals surface area (Å²) in [6, 6.07) is 0.338. The summed E-state index contributed by atoms with van der Waals surface area (Å²) < 4.78 is 0. The fourth-order valence-corrected chi connectivity index (χ4v) is 2.09. The lowest BCUT2D eigenvalue weighted by Crippen LogP contribution is -2.45. The molecule has 1 heterocycles. The fourth-order valence-electron chi connectivity index (χ4n) is 2.09. The van der Waals surface area contributed by atoms with Crippen LogP contribution in [-0.4, -0.2) is 30.1 Å². The second-order valence-electron chi connectivity index (χ2n) is 4.80. The molecule has 3 nitrogen and oxygen atoms in total. The highest BCUT2D eigenvalue weighted by atomic mass is 16.2. The third-order valence-electron chi connectivity index (χ3n) is 3.07. The van der Waals surface area contributed by atoms with Crippen molar-refractivity contribution in [2.45, 2.75) is 45.6 Å². The first-order valence-electron chi connectivity index (χ1n) is 5.92. The molecule has 1 saturated heterocycles. The average Bonchev–Trinajstić information content (AvgIpc) is 3.00. The number of amides is 2. The monoisotopic (exact) mass is 208 g/mol. The highest BCUT2D eigenvalue weighted by molar-refractivity contribution is 5.74. The van der Waals surface area contributed by atoms with Crippen LogP contribution in [0.1, 0.15) is 39.5 Å². The van der Waals surface area contributed by atoms with Gasteiger partial charge in [0.1, 0.15) is 0 Å². The van der Waals surface area contributed by atoms with Crippen LogP contribution in [0.2, 0.25) is 0 Å². The highest BCUT2D eigenvalue weighted by Crippen LogP contribution is 2.35. The molecule has 84 valence electrons. The molecule has 1 N–H and O–H groups in total. The van der Waals surface area contributed by atoms with Crippen molar-refractivity contribution in [3.63, 3.8) is 0 Å². The van der Waals surface area contributed by atoms with Crippen LogP contribution in [0.4, 0.5) is 4.79 Å². The lowest BCUT2D eigenvalue weighted by atomic mass is 10.0. The second-order valence-corrected chi connectivity index (χ2v) is 4.80.